The van der Waals surface area contributed by atoms with Crippen molar-refractivity contribution in [1.82, 2.24) is 10.2 Å². The zero-order valence-electron chi connectivity index (χ0n) is 16.5. The van der Waals surface area contributed by atoms with Crippen molar-refractivity contribution < 1.29 is 9.59 Å². The molecule has 6 heteroatoms. The second-order valence-corrected chi connectivity index (χ2v) is 7.59. The van der Waals surface area contributed by atoms with E-state index in [-0.39, 0.29) is 18.2 Å². The van der Waals surface area contributed by atoms with Gasteiger partial charge in [-0.05, 0) is 43.5 Å². The average molecular weight is 421 g/mol. The lowest BCUT2D eigenvalue weighted by molar-refractivity contribution is -0.140. The smallest absolute Gasteiger partial charge is 0.242 e. The van der Waals surface area contributed by atoms with E-state index in [9.17, 15) is 9.59 Å². The minimum atomic E-state index is -0.543. The molecule has 0 saturated carbocycles. The summed E-state index contributed by atoms with van der Waals surface area (Å²) >= 11 is 12.2. The summed E-state index contributed by atoms with van der Waals surface area (Å²) in [5.41, 5.74) is 2.78. The number of benzene rings is 2. The van der Waals surface area contributed by atoms with Crippen molar-refractivity contribution in [3.63, 3.8) is 0 Å². The van der Waals surface area contributed by atoms with Crippen LogP contribution in [0.15, 0.2) is 42.5 Å². The Morgan fingerprint density at radius 3 is 2.46 bits per heavy atom. The summed E-state index contributed by atoms with van der Waals surface area (Å²) < 4.78 is 0. The van der Waals surface area contributed by atoms with Gasteiger partial charge in [-0.1, -0.05) is 66.0 Å². The van der Waals surface area contributed by atoms with Gasteiger partial charge < -0.3 is 10.2 Å². The second-order valence-electron chi connectivity index (χ2n) is 6.74. The van der Waals surface area contributed by atoms with Crippen LogP contribution in [0, 0.1) is 6.92 Å². The molecule has 0 radical (unpaired) electrons. The third-order valence-corrected chi connectivity index (χ3v) is 5.12. The molecule has 28 heavy (non-hydrogen) atoms. The van der Waals surface area contributed by atoms with Crippen LogP contribution in [-0.4, -0.2) is 29.3 Å². The highest BCUT2D eigenvalue weighted by atomic mass is 35.5. The Labute approximate surface area is 176 Å². The number of hydrogen-bond donors (Lipinski definition) is 1. The van der Waals surface area contributed by atoms with Crippen LogP contribution < -0.4 is 5.32 Å². The first-order chi connectivity index (χ1) is 13.3. The number of amides is 2. The van der Waals surface area contributed by atoms with Crippen LogP contribution in [-0.2, 0) is 22.6 Å². The monoisotopic (exact) mass is 420 g/mol. The first-order valence-corrected chi connectivity index (χ1v) is 10.2. The summed E-state index contributed by atoms with van der Waals surface area (Å²) in [5, 5.41) is 3.80. The van der Waals surface area contributed by atoms with Crippen molar-refractivity contribution in [1.29, 1.82) is 0 Å². The standard InChI is InChI=1S/C22H26Cl2N2O2/c1-4-20(22(28)25-5-2)26(14-16-8-6-7-15(3)11-16)21(27)12-17-9-10-18(23)13-19(17)24/h6-11,13,20H,4-5,12,14H2,1-3H3,(H,25,28). The van der Waals surface area contributed by atoms with Gasteiger partial charge in [0.2, 0.25) is 11.8 Å². The Bertz CT molecular complexity index is 839. The molecule has 0 aliphatic heterocycles. The van der Waals surface area contributed by atoms with Crippen molar-refractivity contribution in [3.8, 4) is 0 Å². The number of nitrogens with one attached hydrogen (secondary N) is 1. The molecule has 1 atom stereocenters. The highest BCUT2D eigenvalue weighted by molar-refractivity contribution is 6.35. The molecule has 2 amide bonds. The third kappa shape index (κ3) is 5.98. The molecule has 1 unspecified atom stereocenters. The average Bonchev–Trinajstić information content (AvgIpc) is 2.64. The van der Waals surface area contributed by atoms with E-state index in [0.29, 0.717) is 35.1 Å². The molecule has 0 heterocycles. The van der Waals surface area contributed by atoms with Crippen LogP contribution in [0.1, 0.15) is 37.0 Å². The van der Waals surface area contributed by atoms with E-state index in [0.717, 1.165) is 11.1 Å². The van der Waals surface area contributed by atoms with Crippen LogP contribution in [0.2, 0.25) is 10.0 Å². The Balaban J connectivity index is 2.32. The number of hydrogen-bond acceptors (Lipinski definition) is 2. The quantitative estimate of drug-likeness (QED) is 0.667. The van der Waals surface area contributed by atoms with E-state index >= 15 is 0 Å². The minimum absolute atomic E-state index is 0.109. The molecule has 0 saturated heterocycles. The fourth-order valence-electron chi connectivity index (χ4n) is 3.15. The number of carbonyl (C=O) groups is 2. The van der Waals surface area contributed by atoms with Gasteiger partial charge in [-0.15, -0.1) is 0 Å². The molecule has 0 aliphatic rings. The topological polar surface area (TPSA) is 49.4 Å². The van der Waals surface area contributed by atoms with Gasteiger partial charge in [0.25, 0.3) is 0 Å². The van der Waals surface area contributed by atoms with Crippen molar-refractivity contribution in [3.05, 3.63) is 69.2 Å². The first kappa shape index (κ1) is 22.3. The van der Waals surface area contributed by atoms with Gasteiger partial charge in [0.15, 0.2) is 0 Å². The molecule has 4 nitrogen and oxygen atoms in total. The molecule has 150 valence electrons. The lowest BCUT2D eigenvalue weighted by Gasteiger charge is -2.31. The van der Waals surface area contributed by atoms with Crippen LogP contribution in [0.5, 0.6) is 0 Å². The first-order valence-electron chi connectivity index (χ1n) is 9.42. The van der Waals surface area contributed by atoms with Gasteiger partial charge in [0.05, 0.1) is 6.42 Å². The van der Waals surface area contributed by atoms with E-state index in [1.165, 1.54) is 0 Å². The number of carbonyl (C=O) groups excluding carboxylic acids is 2. The maximum atomic E-state index is 13.2. The minimum Gasteiger partial charge on any atom is -0.355 e. The summed E-state index contributed by atoms with van der Waals surface area (Å²) in [5.74, 6) is -0.294. The number of rotatable bonds is 8. The fourth-order valence-corrected chi connectivity index (χ4v) is 3.62. The molecule has 2 aromatic carbocycles. The fraction of sp³-hybridized carbons (Fsp3) is 0.364. The van der Waals surface area contributed by atoms with Gasteiger partial charge in [-0.2, -0.15) is 0 Å². The molecular weight excluding hydrogens is 395 g/mol. The normalized spacial score (nSPS) is 11.8. The van der Waals surface area contributed by atoms with Gasteiger partial charge in [0, 0.05) is 23.1 Å². The van der Waals surface area contributed by atoms with Crippen molar-refractivity contribution in [2.24, 2.45) is 0 Å². The van der Waals surface area contributed by atoms with Crippen LogP contribution >= 0.6 is 23.2 Å². The molecule has 0 fully saturated rings. The predicted molar refractivity (Wildman–Crippen MR) is 115 cm³/mol. The number of aryl methyl sites for hydroxylation is 1. The van der Waals surface area contributed by atoms with Crippen molar-refractivity contribution in [2.45, 2.75) is 46.2 Å². The molecule has 0 bridgehead atoms. The number of halogens is 2. The van der Waals surface area contributed by atoms with Crippen molar-refractivity contribution >= 4 is 35.0 Å². The van der Waals surface area contributed by atoms with E-state index in [2.05, 4.69) is 5.32 Å². The van der Waals surface area contributed by atoms with Crippen LogP contribution in [0.25, 0.3) is 0 Å². The van der Waals surface area contributed by atoms with E-state index < -0.39 is 6.04 Å². The molecule has 0 aromatic heterocycles. The van der Waals surface area contributed by atoms with Gasteiger partial charge in [-0.3, -0.25) is 9.59 Å². The zero-order chi connectivity index (χ0) is 20.7. The SMILES string of the molecule is CCNC(=O)C(CC)N(Cc1cccc(C)c1)C(=O)Cc1ccc(Cl)cc1Cl. The highest BCUT2D eigenvalue weighted by Crippen LogP contribution is 2.23. The molecule has 1 N–H and O–H groups in total. The zero-order valence-corrected chi connectivity index (χ0v) is 18.0. The molecule has 2 rings (SSSR count). The Morgan fingerprint density at radius 2 is 1.86 bits per heavy atom. The second kappa shape index (κ2) is 10.5. The Kier molecular flexibility index (Phi) is 8.34. The van der Waals surface area contributed by atoms with Gasteiger partial charge in [-0.25, -0.2) is 0 Å². The maximum absolute atomic E-state index is 13.2. The molecular formula is C22H26Cl2N2O2. The predicted octanol–water partition coefficient (Wildman–Crippen LogP) is 4.79. The lowest BCUT2D eigenvalue weighted by Crippen LogP contribution is -2.49. The van der Waals surface area contributed by atoms with E-state index in [1.54, 1.807) is 23.1 Å². The summed E-state index contributed by atoms with van der Waals surface area (Å²) in [6.07, 6.45) is 0.634. The summed E-state index contributed by atoms with van der Waals surface area (Å²) in [4.78, 5) is 27.4. The van der Waals surface area contributed by atoms with Gasteiger partial charge >= 0.3 is 0 Å². The Morgan fingerprint density at radius 1 is 1.11 bits per heavy atom. The Hall–Kier alpha value is -2.04. The molecule has 2 aromatic rings. The third-order valence-electron chi connectivity index (χ3n) is 4.53. The van der Waals surface area contributed by atoms with Crippen LogP contribution in [0.4, 0.5) is 0 Å². The van der Waals surface area contributed by atoms with E-state index in [4.69, 9.17) is 23.2 Å². The van der Waals surface area contributed by atoms with Crippen LogP contribution in [0.3, 0.4) is 0 Å². The molecule has 0 spiro atoms. The highest BCUT2D eigenvalue weighted by Gasteiger charge is 2.28. The summed E-state index contributed by atoms with van der Waals surface area (Å²) in [7, 11) is 0. The number of nitrogens with zero attached hydrogens (tertiary/aromatic N) is 1. The van der Waals surface area contributed by atoms with Crippen molar-refractivity contribution in [2.75, 3.05) is 6.54 Å². The summed E-state index contributed by atoms with van der Waals surface area (Å²) in [6.45, 7) is 6.66. The van der Waals surface area contributed by atoms with E-state index in [1.807, 2.05) is 45.0 Å². The number of likely N-dealkylation sites (N-methyl/N-ethyl adjacent to an activating group) is 1. The lowest BCUT2D eigenvalue weighted by atomic mass is 10.1. The van der Waals surface area contributed by atoms with Gasteiger partial charge in [0.1, 0.15) is 6.04 Å². The largest absolute Gasteiger partial charge is 0.355 e. The molecule has 0 aliphatic carbocycles. The maximum Gasteiger partial charge on any atom is 0.242 e. The summed E-state index contributed by atoms with van der Waals surface area (Å²) in [6, 6.07) is 12.5.